The minimum absolute atomic E-state index is 0.214. The second-order valence-electron chi connectivity index (χ2n) is 6.51. The van der Waals surface area contributed by atoms with Crippen molar-refractivity contribution in [1.29, 1.82) is 0 Å². The number of ether oxygens (including phenoxy) is 1. The molecule has 2 rings (SSSR count). The zero-order valence-electron chi connectivity index (χ0n) is 13.4. The van der Waals surface area contributed by atoms with E-state index in [0.29, 0.717) is 5.75 Å². The Morgan fingerprint density at radius 2 is 1.96 bits per heavy atom. The van der Waals surface area contributed by atoms with E-state index in [0.717, 1.165) is 4.90 Å². The second-order valence-corrected chi connectivity index (χ2v) is 7.72. The number of imide groups is 1. The van der Waals surface area contributed by atoms with Crippen LogP contribution in [0.4, 0.5) is 4.79 Å². The van der Waals surface area contributed by atoms with E-state index in [-0.39, 0.29) is 11.8 Å². The summed E-state index contributed by atoms with van der Waals surface area (Å²) >= 11 is 1.35. The minimum atomic E-state index is -1.08. The zero-order valence-corrected chi connectivity index (χ0v) is 14.3. The Hall–Kier alpha value is -1.77. The third kappa shape index (κ3) is 3.44. The molecule has 0 radical (unpaired) electrons. The molecule has 9 heteroatoms. The van der Waals surface area contributed by atoms with E-state index < -0.39 is 41.6 Å². The van der Waals surface area contributed by atoms with E-state index in [2.05, 4.69) is 0 Å². The maximum absolute atomic E-state index is 12.6. The van der Waals surface area contributed by atoms with Crippen molar-refractivity contribution in [3.63, 3.8) is 0 Å². The fourth-order valence-electron chi connectivity index (χ4n) is 2.70. The van der Waals surface area contributed by atoms with Gasteiger partial charge in [-0.3, -0.25) is 9.59 Å². The van der Waals surface area contributed by atoms with Crippen LogP contribution in [0.1, 0.15) is 34.1 Å². The molecule has 3 amide bonds. The third-order valence-corrected chi connectivity index (χ3v) is 4.90. The first-order valence-electron chi connectivity index (χ1n) is 7.22. The van der Waals surface area contributed by atoms with Crippen LogP contribution in [0.15, 0.2) is 0 Å². The predicted molar refractivity (Wildman–Crippen MR) is 81.7 cm³/mol. The van der Waals surface area contributed by atoms with Gasteiger partial charge in [-0.25, -0.2) is 14.5 Å². The quantitative estimate of drug-likeness (QED) is 0.793. The molecular weight excluding hydrogens is 324 g/mol. The summed E-state index contributed by atoms with van der Waals surface area (Å²) in [4.78, 5) is 50.0. The van der Waals surface area contributed by atoms with E-state index in [1.165, 1.54) is 23.6 Å². The number of carbonyl (C=O) groups excluding carboxylic acids is 3. The summed E-state index contributed by atoms with van der Waals surface area (Å²) in [5.41, 5.74) is -0.805. The van der Waals surface area contributed by atoms with E-state index in [1.54, 1.807) is 20.8 Å². The van der Waals surface area contributed by atoms with Crippen molar-refractivity contribution < 1.29 is 29.0 Å². The highest BCUT2D eigenvalue weighted by Gasteiger charge is 2.53. The summed E-state index contributed by atoms with van der Waals surface area (Å²) in [6.45, 7) is 6.17. The Bertz CT molecular complexity index is 558. The van der Waals surface area contributed by atoms with Crippen LogP contribution in [-0.2, 0) is 19.1 Å². The molecule has 0 bridgehead atoms. The van der Waals surface area contributed by atoms with E-state index in [4.69, 9.17) is 4.74 Å². The van der Waals surface area contributed by atoms with Gasteiger partial charge in [0.1, 0.15) is 17.7 Å². The molecule has 0 aromatic heterocycles. The summed E-state index contributed by atoms with van der Waals surface area (Å²) in [6.07, 6.45) is -0.673. The maximum Gasteiger partial charge on any atom is 0.417 e. The monoisotopic (exact) mass is 344 g/mol. The Balaban J connectivity index is 2.22. The lowest BCUT2D eigenvalue weighted by Gasteiger charge is -2.29. The van der Waals surface area contributed by atoms with E-state index >= 15 is 0 Å². The maximum atomic E-state index is 12.6. The molecule has 2 heterocycles. The van der Waals surface area contributed by atoms with Gasteiger partial charge >= 0.3 is 12.1 Å². The molecule has 8 nitrogen and oxygen atoms in total. The van der Waals surface area contributed by atoms with Crippen LogP contribution in [-0.4, -0.2) is 67.6 Å². The number of fused-ring (bicyclic) bond motifs is 1. The third-order valence-electron chi connectivity index (χ3n) is 3.58. The number of carboxylic acid groups (broad SMARTS) is 1. The minimum Gasteiger partial charge on any atom is -0.480 e. The van der Waals surface area contributed by atoms with Crippen molar-refractivity contribution in [3.8, 4) is 0 Å². The van der Waals surface area contributed by atoms with Gasteiger partial charge in [0.25, 0.3) is 0 Å². The molecule has 23 heavy (non-hydrogen) atoms. The topological polar surface area (TPSA) is 104 Å². The van der Waals surface area contributed by atoms with Crippen molar-refractivity contribution in [3.05, 3.63) is 0 Å². The van der Waals surface area contributed by atoms with Crippen molar-refractivity contribution in [1.82, 2.24) is 9.80 Å². The van der Waals surface area contributed by atoms with Crippen LogP contribution in [0, 0.1) is 0 Å². The average Bonchev–Trinajstić information content (AvgIpc) is 2.89. The van der Waals surface area contributed by atoms with Crippen molar-refractivity contribution in [2.24, 2.45) is 0 Å². The number of nitrogens with zero attached hydrogens (tertiary/aromatic N) is 2. The van der Waals surface area contributed by atoms with Gasteiger partial charge in [0, 0.05) is 19.1 Å². The molecule has 0 aromatic carbocycles. The van der Waals surface area contributed by atoms with Crippen LogP contribution in [0.2, 0.25) is 0 Å². The van der Waals surface area contributed by atoms with Crippen molar-refractivity contribution in [2.75, 3.05) is 5.75 Å². The number of rotatable bonds is 2. The van der Waals surface area contributed by atoms with Gasteiger partial charge in [-0.15, -0.1) is 11.8 Å². The van der Waals surface area contributed by atoms with Crippen LogP contribution >= 0.6 is 11.8 Å². The lowest BCUT2D eigenvalue weighted by molar-refractivity contribution is -0.149. The normalized spacial score (nSPS) is 26.9. The molecule has 1 unspecified atom stereocenters. The molecule has 0 aliphatic carbocycles. The molecule has 2 aliphatic rings. The van der Waals surface area contributed by atoms with Crippen LogP contribution in [0.3, 0.4) is 0 Å². The fraction of sp³-hybridized carbons (Fsp3) is 0.714. The lowest BCUT2D eigenvalue weighted by Crippen LogP contribution is -2.51. The van der Waals surface area contributed by atoms with Crippen LogP contribution in [0.5, 0.6) is 0 Å². The highest BCUT2D eigenvalue weighted by atomic mass is 32.2. The number of carbonyl (C=O) groups is 4. The average molecular weight is 344 g/mol. The highest BCUT2D eigenvalue weighted by molar-refractivity contribution is 8.00. The van der Waals surface area contributed by atoms with Crippen molar-refractivity contribution >= 4 is 35.6 Å². The van der Waals surface area contributed by atoms with Gasteiger partial charge < -0.3 is 14.7 Å². The molecule has 0 spiro atoms. The van der Waals surface area contributed by atoms with Gasteiger partial charge in [-0.05, 0) is 20.8 Å². The number of aliphatic carboxylic acids is 1. The smallest absolute Gasteiger partial charge is 0.417 e. The van der Waals surface area contributed by atoms with Crippen LogP contribution in [0.25, 0.3) is 0 Å². The van der Waals surface area contributed by atoms with Gasteiger partial charge in [-0.2, -0.15) is 0 Å². The largest absolute Gasteiger partial charge is 0.480 e. The fourth-order valence-corrected chi connectivity index (χ4v) is 4.13. The summed E-state index contributed by atoms with van der Waals surface area (Å²) in [5, 5.41) is 8.86. The molecule has 128 valence electrons. The lowest BCUT2D eigenvalue weighted by atomic mass is 10.2. The molecular formula is C14H20N2O6S. The number of amides is 3. The molecule has 0 aromatic rings. The highest BCUT2D eigenvalue weighted by Crippen LogP contribution is 2.39. The first kappa shape index (κ1) is 17.6. The van der Waals surface area contributed by atoms with Crippen LogP contribution < -0.4 is 0 Å². The predicted octanol–water partition coefficient (Wildman–Crippen LogP) is 0.897. The number of hydrogen-bond donors (Lipinski definition) is 1. The Morgan fingerprint density at radius 3 is 2.43 bits per heavy atom. The van der Waals surface area contributed by atoms with Gasteiger partial charge in [-0.1, -0.05) is 0 Å². The molecule has 2 fully saturated rings. The SMILES string of the molecule is CC(=O)N(C(=O)OC(C)(C)C)[C@@H]1CC2SC[C@@H](C(=O)O)N2C1=O. The van der Waals surface area contributed by atoms with E-state index in [9.17, 15) is 24.3 Å². The summed E-state index contributed by atoms with van der Waals surface area (Å²) in [7, 11) is 0. The summed E-state index contributed by atoms with van der Waals surface area (Å²) in [6, 6.07) is -1.93. The standard InChI is InChI=1S/C14H20N2O6S/c1-7(17)15(13(21)22-14(2,3)4)8-5-10-16(11(8)18)9(6-23-10)12(19)20/h8-10H,5-6H2,1-4H3,(H,19,20)/t8-,9+,10?/m1/s1. The number of thioether (sulfide) groups is 1. The number of carboxylic acids is 1. The molecule has 2 saturated heterocycles. The van der Waals surface area contributed by atoms with Gasteiger partial charge in [0.2, 0.25) is 11.8 Å². The van der Waals surface area contributed by atoms with Gasteiger partial charge in [0.05, 0.1) is 5.37 Å². The van der Waals surface area contributed by atoms with E-state index in [1.807, 2.05) is 0 Å². The molecule has 0 saturated carbocycles. The number of hydrogen-bond acceptors (Lipinski definition) is 6. The first-order chi connectivity index (χ1) is 10.5. The molecule has 3 atom stereocenters. The van der Waals surface area contributed by atoms with Crippen molar-refractivity contribution in [2.45, 2.75) is 57.2 Å². The Kier molecular flexibility index (Phi) is 4.61. The Labute approximate surface area is 138 Å². The zero-order chi connectivity index (χ0) is 17.5. The molecule has 1 N–H and O–H groups in total. The second kappa shape index (κ2) is 6.03. The summed E-state index contributed by atoms with van der Waals surface area (Å²) in [5.74, 6) is -1.89. The summed E-state index contributed by atoms with van der Waals surface area (Å²) < 4.78 is 5.19. The van der Waals surface area contributed by atoms with Gasteiger partial charge in [0.15, 0.2) is 0 Å². The molecule has 2 aliphatic heterocycles. The Morgan fingerprint density at radius 1 is 1.35 bits per heavy atom. The first-order valence-corrected chi connectivity index (χ1v) is 8.27.